The SMILES string of the molecule is CCC1(OC(=O)C2C(C)CC(C)C2C)CC2CCC1C2. The molecule has 0 aliphatic heterocycles. The van der Waals surface area contributed by atoms with Crippen LogP contribution in [0.4, 0.5) is 0 Å². The Labute approximate surface area is 123 Å². The first-order valence-electron chi connectivity index (χ1n) is 8.69. The highest BCUT2D eigenvalue weighted by atomic mass is 16.6. The molecular formula is C18H30O2. The van der Waals surface area contributed by atoms with E-state index in [4.69, 9.17) is 4.74 Å². The van der Waals surface area contributed by atoms with Crippen LogP contribution in [0.5, 0.6) is 0 Å². The molecule has 114 valence electrons. The van der Waals surface area contributed by atoms with Gasteiger partial charge in [0.2, 0.25) is 0 Å². The van der Waals surface area contributed by atoms with E-state index >= 15 is 0 Å². The average molecular weight is 278 g/mol. The zero-order chi connectivity index (χ0) is 14.5. The minimum Gasteiger partial charge on any atom is -0.459 e. The van der Waals surface area contributed by atoms with Gasteiger partial charge in [-0.2, -0.15) is 0 Å². The molecule has 3 aliphatic carbocycles. The van der Waals surface area contributed by atoms with Gasteiger partial charge in [-0.3, -0.25) is 4.79 Å². The highest BCUT2D eigenvalue weighted by Gasteiger charge is 2.54. The zero-order valence-electron chi connectivity index (χ0n) is 13.5. The molecule has 2 nitrogen and oxygen atoms in total. The van der Waals surface area contributed by atoms with Crippen LogP contribution in [-0.4, -0.2) is 11.6 Å². The largest absolute Gasteiger partial charge is 0.459 e. The molecule has 0 saturated heterocycles. The fraction of sp³-hybridized carbons (Fsp3) is 0.944. The molecule has 0 aromatic rings. The van der Waals surface area contributed by atoms with E-state index in [1.54, 1.807) is 0 Å². The molecule has 2 heteroatoms. The van der Waals surface area contributed by atoms with Gasteiger partial charge in [-0.05, 0) is 68.1 Å². The highest BCUT2D eigenvalue weighted by Crippen LogP contribution is 2.55. The van der Waals surface area contributed by atoms with Gasteiger partial charge in [-0.15, -0.1) is 0 Å². The van der Waals surface area contributed by atoms with Crippen molar-refractivity contribution < 1.29 is 9.53 Å². The smallest absolute Gasteiger partial charge is 0.310 e. The summed E-state index contributed by atoms with van der Waals surface area (Å²) in [5.74, 6) is 3.33. The molecule has 0 spiro atoms. The Morgan fingerprint density at radius 2 is 1.90 bits per heavy atom. The Balaban J connectivity index is 1.72. The summed E-state index contributed by atoms with van der Waals surface area (Å²) in [5.41, 5.74) is -0.106. The summed E-state index contributed by atoms with van der Waals surface area (Å²) in [6.45, 7) is 8.95. The maximum Gasteiger partial charge on any atom is 0.310 e. The van der Waals surface area contributed by atoms with Crippen molar-refractivity contribution in [3.63, 3.8) is 0 Å². The molecule has 0 aromatic heterocycles. The lowest BCUT2D eigenvalue weighted by Crippen LogP contribution is -2.42. The van der Waals surface area contributed by atoms with Gasteiger partial charge in [0.15, 0.2) is 0 Å². The average Bonchev–Trinajstić information content (AvgIpc) is 3.05. The first-order valence-corrected chi connectivity index (χ1v) is 8.69. The quantitative estimate of drug-likeness (QED) is 0.714. The fourth-order valence-corrected chi connectivity index (χ4v) is 5.56. The Morgan fingerprint density at radius 3 is 2.35 bits per heavy atom. The van der Waals surface area contributed by atoms with E-state index in [-0.39, 0.29) is 17.5 Å². The molecule has 3 fully saturated rings. The number of hydrogen-bond acceptors (Lipinski definition) is 2. The first-order chi connectivity index (χ1) is 9.47. The van der Waals surface area contributed by atoms with E-state index in [9.17, 15) is 4.79 Å². The van der Waals surface area contributed by atoms with E-state index < -0.39 is 0 Å². The summed E-state index contributed by atoms with van der Waals surface area (Å²) in [6, 6.07) is 0. The normalized spacial score (nSPS) is 50.6. The van der Waals surface area contributed by atoms with Crippen molar-refractivity contribution in [3.8, 4) is 0 Å². The summed E-state index contributed by atoms with van der Waals surface area (Å²) in [4.78, 5) is 12.8. The van der Waals surface area contributed by atoms with Crippen LogP contribution < -0.4 is 0 Å². The Morgan fingerprint density at radius 1 is 1.15 bits per heavy atom. The maximum atomic E-state index is 12.8. The number of esters is 1. The summed E-state index contributed by atoms with van der Waals surface area (Å²) >= 11 is 0. The van der Waals surface area contributed by atoms with Crippen LogP contribution in [-0.2, 0) is 9.53 Å². The van der Waals surface area contributed by atoms with E-state index in [2.05, 4.69) is 27.7 Å². The van der Waals surface area contributed by atoms with Crippen LogP contribution in [0.3, 0.4) is 0 Å². The predicted molar refractivity (Wildman–Crippen MR) is 80.2 cm³/mol. The third kappa shape index (κ3) is 2.10. The molecule has 2 bridgehead atoms. The van der Waals surface area contributed by atoms with E-state index in [1.807, 2.05) is 0 Å². The summed E-state index contributed by atoms with van der Waals surface area (Å²) < 4.78 is 6.22. The summed E-state index contributed by atoms with van der Waals surface area (Å²) in [7, 11) is 0. The molecule has 3 aliphatic rings. The maximum absolute atomic E-state index is 12.8. The van der Waals surface area contributed by atoms with Gasteiger partial charge in [-0.1, -0.05) is 27.7 Å². The molecule has 0 aromatic carbocycles. The van der Waals surface area contributed by atoms with Crippen LogP contribution in [0.15, 0.2) is 0 Å². The second-order valence-electron chi connectivity index (χ2n) is 7.99. The topological polar surface area (TPSA) is 26.3 Å². The van der Waals surface area contributed by atoms with Gasteiger partial charge in [0, 0.05) is 0 Å². The van der Waals surface area contributed by atoms with E-state index in [1.165, 1.54) is 25.7 Å². The van der Waals surface area contributed by atoms with Crippen molar-refractivity contribution >= 4 is 5.97 Å². The lowest BCUT2D eigenvalue weighted by atomic mass is 9.81. The van der Waals surface area contributed by atoms with Gasteiger partial charge in [0.05, 0.1) is 5.92 Å². The van der Waals surface area contributed by atoms with Crippen molar-refractivity contribution in [1.29, 1.82) is 0 Å². The van der Waals surface area contributed by atoms with Crippen molar-refractivity contribution in [2.75, 3.05) is 0 Å². The number of fused-ring (bicyclic) bond motifs is 2. The molecule has 20 heavy (non-hydrogen) atoms. The standard InChI is InChI=1S/C18H30O2/c1-5-18(10-14-6-7-15(18)9-14)20-17(19)16-12(3)8-11(2)13(16)4/h11-16H,5-10H2,1-4H3. The molecule has 0 radical (unpaired) electrons. The van der Waals surface area contributed by atoms with Gasteiger partial charge in [0.25, 0.3) is 0 Å². The van der Waals surface area contributed by atoms with Gasteiger partial charge >= 0.3 is 5.97 Å². The minimum atomic E-state index is -0.106. The second kappa shape index (κ2) is 5.03. The molecule has 3 saturated carbocycles. The minimum absolute atomic E-state index is 0.106. The van der Waals surface area contributed by atoms with Crippen LogP contribution in [0.25, 0.3) is 0 Å². The number of carbonyl (C=O) groups excluding carboxylic acids is 1. The molecule has 0 N–H and O–H groups in total. The first kappa shape index (κ1) is 14.4. The molecule has 7 unspecified atom stereocenters. The van der Waals surface area contributed by atoms with E-state index in [0.29, 0.717) is 23.7 Å². The Hall–Kier alpha value is -0.530. The summed E-state index contributed by atoms with van der Waals surface area (Å²) in [5, 5.41) is 0. The number of carbonyl (C=O) groups is 1. The van der Waals surface area contributed by atoms with Gasteiger partial charge in [-0.25, -0.2) is 0 Å². The van der Waals surface area contributed by atoms with Crippen LogP contribution in [0.2, 0.25) is 0 Å². The van der Waals surface area contributed by atoms with Gasteiger partial charge < -0.3 is 4.74 Å². The number of ether oxygens (including phenoxy) is 1. The monoisotopic (exact) mass is 278 g/mol. The van der Waals surface area contributed by atoms with Gasteiger partial charge in [0.1, 0.15) is 5.60 Å². The van der Waals surface area contributed by atoms with Crippen molar-refractivity contribution in [2.24, 2.45) is 35.5 Å². The van der Waals surface area contributed by atoms with Crippen LogP contribution in [0, 0.1) is 35.5 Å². The second-order valence-corrected chi connectivity index (χ2v) is 7.99. The van der Waals surface area contributed by atoms with E-state index in [0.717, 1.165) is 18.8 Å². The van der Waals surface area contributed by atoms with Crippen LogP contribution in [0.1, 0.15) is 66.2 Å². The predicted octanol–water partition coefficient (Wildman–Crippen LogP) is 4.43. The molecule has 0 heterocycles. The zero-order valence-corrected chi connectivity index (χ0v) is 13.5. The third-order valence-electron chi connectivity index (χ3n) is 6.91. The molecule has 0 amide bonds. The third-order valence-corrected chi connectivity index (χ3v) is 6.91. The lowest BCUT2D eigenvalue weighted by Gasteiger charge is -2.38. The van der Waals surface area contributed by atoms with Crippen LogP contribution >= 0.6 is 0 Å². The van der Waals surface area contributed by atoms with Crippen molar-refractivity contribution in [2.45, 2.75) is 71.8 Å². The number of hydrogen-bond donors (Lipinski definition) is 0. The molecule has 3 rings (SSSR count). The van der Waals surface area contributed by atoms with Crippen molar-refractivity contribution in [1.82, 2.24) is 0 Å². The van der Waals surface area contributed by atoms with Crippen molar-refractivity contribution in [3.05, 3.63) is 0 Å². The Kier molecular flexibility index (Phi) is 3.63. The molecule has 7 atom stereocenters. The lowest BCUT2D eigenvalue weighted by molar-refractivity contribution is -0.174. The molecular weight excluding hydrogens is 248 g/mol. The number of rotatable bonds is 3. The Bertz CT molecular complexity index is 391. The summed E-state index contributed by atoms with van der Waals surface area (Å²) in [6.07, 6.45) is 7.24. The fourth-order valence-electron chi connectivity index (χ4n) is 5.56. The highest BCUT2D eigenvalue weighted by molar-refractivity contribution is 5.74.